The number of aromatic hydroxyl groups is 1. The second kappa shape index (κ2) is 3.85. The lowest BCUT2D eigenvalue weighted by atomic mass is 9.96. The van der Waals surface area contributed by atoms with Gasteiger partial charge in [0.05, 0.1) is 17.1 Å². The van der Waals surface area contributed by atoms with E-state index in [1.54, 1.807) is 12.1 Å². The van der Waals surface area contributed by atoms with Crippen LogP contribution in [-0.2, 0) is 12.8 Å². The van der Waals surface area contributed by atoms with E-state index < -0.39 is 0 Å². The van der Waals surface area contributed by atoms with Crippen molar-refractivity contribution in [1.29, 1.82) is 0 Å². The first kappa shape index (κ1) is 10.3. The number of hydrogen-bond acceptors (Lipinski definition) is 4. The molecule has 1 atom stereocenters. The van der Waals surface area contributed by atoms with Gasteiger partial charge in [-0.15, -0.1) is 5.10 Å². The van der Waals surface area contributed by atoms with E-state index in [0.717, 1.165) is 36.3 Å². The van der Waals surface area contributed by atoms with Crippen molar-refractivity contribution in [3.8, 4) is 11.4 Å². The number of nitrogens with two attached hydrogens (primary N) is 1. The summed E-state index contributed by atoms with van der Waals surface area (Å²) < 4.78 is 1.83. The molecular formula is C12H14N4O. The monoisotopic (exact) mass is 230 g/mol. The highest BCUT2D eigenvalue weighted by atomic mass is 16.3. The molecule has 1 aromatic carbocycles. The predicted molar refractivity (Wildman–Crippen MR) is 63.0 cm³/mol. The van der Waals surface area contributed by atoms with Gasteiger partial charge in [0.1, 0.15) is 5.75 Å². The summed E-state index contributed by atoms with van der Waals surface area (Å²) in [5.74, 6) is 0.254. The van der Waals surface area contributed by atoms with Crippen molar-refractivity contribution in [2.45, 2.75) is 25.3 Å². The SMILES string of the molecule is NC1CCc2c(nnn2-c2ccc(O)cc2)C1. The molecule has 0 saturated heterocycles. The Bertz CT molecular complexity index is 532. The number of rotatable bonds is 1. The molecule has 1 aliphatic carbocycles. The predicted octanol–water partition coefficient (Wildman–Crippen LogP) is 0.789. The molecule has 0 fully saturated rings. The van der Waals surface area contributed by atoms with Crippen molar-refractivity contribution in [3.63, 3.8) is 0 Å². The minimum atomic E-state index is 0.201. The third-order valence-corrected chi connectivity index (χ3v) is 3.15. The average Bonchev–Trinajstić information content (AvgIpc) is 2.73. The van der Waals surface area contributed by atoms with Gasteiger partial charge in [0, 0.05) is 12.5 Å². The molecule has 2 aromatic rings. The number of benzene rings is 1. The fourth-order valence-electron chi connectivity index (χ4n) is 2.22. The Morgan fingerprint density at radius 3 is 2.82 bits per heavy atom. The maximum Gasteiger partial charge on any atom is 0.115 e. The number of hydrogen-bond donors (Lipinski definition) is 2. The van der Waals surface area contributed by atoms with Gasteiger partial charge in [-0.25, -0.2) is 4.68 Å². The third-order valence-electron chi connectivity index (χ3n) is 3.15. The Kier molecular flexibility index (Phi) is 2.33. The van der Waals surface area contributed by atoms with Crippen molar-refractivity contribution in [1.82, 2.24) is 15.0 Å². The van der Waals surface area contributed by atoms with Gasteiger partial charge >= 0.3 is 0 Å². The number of nitrogens with zero attached hydrogens (tertiary/aromatic N) is 3. The highest BCUT2D eigenvalue weighted by Gasteiger charge is 2.21. The molecule has 0 amide bonds. The van der Waals surface area contributed by atoms with Gasteiger partial charge in [-0.1, -0.05) is 5.21 Å². The first-order valence-electron chi connectivity index (χ1n) is 5.72. The van der Waals surface area contributed by atoms with E-state index in [4.69, 9.17) is 5.73 Å². The summed E-state index contributed by atoms with van der Waals surface area (Å²) in [6, 6.07) is 7.17. The highest BCUT2D eigenvalue weighted by Crippen LogP contribution is 2.22. The van der Waals surface area contributed by atoms with Gasteiger partial charge in [0.2, 0.25) is 0 Å². The van der Waals surface area contributed by atoms with E-state index in [1.165, 1.54) is 0 Å². The molecule has 3 N–H and O–H groups in total. The minimum Gasteiger partial charge on any atom is -0.508 e. The summed E-state index contributed by atoms with van der Waals surface area (Å²) in [4.78, 5) is 0. The zero-order valence-corrected chi connectivity index (χ0v) is 9.37. The Hall–Kier alpha value is -1.88. The van der Waals surface area contributed by atoms with Gasteiger partial charge in [0.25, 0.3) is 0 Å². The fourth-order valence-corrected chi connectivity index (χ4v) is 2.22. The summed E-state index contributed by atoms with van der Waals surface area (Å²) in [7, 11) is 0. The Labute approximate surface area is 98.9 Å². The average molecular weight is 230 g/mol. The summed E-state index contributed by atoms with van der Waals surface area (Å²) in [6.07, 6.45) is 2.68. The van der Waals surface area contributed by atoms with E-state index in [2.05, 4.69) is 10.3 Å². The van der Waals surface area contributed by atoms with Gasteiger partial charge in [-0.3, -0.25) is 0 Å². The second-order valence-corrected chi connectivity index (χ2v) is 4.41. The molecule has 0 bridgehead atoms. The Morgan fingerprint density at radius 2 is 2.06 bits per heavy atom. The molecule has 0 radical (unpaired) electrons. The summed E-state index contributed by atoms with van der Waals surface area (Å²) >= 11 is 0. The van der Waals surface area contributed by atoms with Gasteiger partial charge in [-0.05, 0) is 37.1 Å². The Balaban J connectivity index is 2.02. The first-order chi connectivity index (χ1) is 8.24. The zero-order valence-electron chi connectivity index (χ0n) is 9.37. The van der Waals surface area contributed by atoms with Crippen molar-refractivity contribution < 1.29 is 5.11 Å². The molecule has 1 unspecified atom stereocenters. The molecule has 3 rings (SSSR count). The third kappa shape index (κ3) is 1.78. The van der Waals surface area contributed by atoms with Crippen LogP contribution in [0, 0.1) is 0 Å². The maximum atomic E-state index is 9.27. The number of phenolic OH excluding ortho intramolecular Hbond substituents is 1. The molecular weight excluding hydrogens is 216 g/mol. The molecule has 1 aromatic heterocycles. The topological polar surface area (TPSA) is 77.0 Å². The van der Waals surface area contributed by atoms with E-state index in [1.807, 2.05) is 16.8 Å². The molecule has 5 nitrogen and oxygen atoms in total. The molecule has 17 heavy (non-hydrogen) atoms. The lowest BCUT2D eigenvalue weighted by Crippen LogP contribution is -2.28. The van der Waals surface area contributed by atoms with Crippen LogP contribution >= 0.6 is 0 Å². The van der Waals surface area contributed by atoms with E-state index in [0.29, 0.717) is 0 Å². The van der Waals surface area contributed by atoms with Crippen LogP contribution in [0.25, 0.3) is 5.69 Å². The summed E-state index contributed by atoms with van der Waals surface area (Å²) in [6.45, 7) is 0. The minimum absolute atomic E-state index is 0.201. The quantitative estimate of drug-likeness (QED) is 0.759. The number of phenols is 1. The van der Waals surface area contributed by atoms with Crippen molar-refractivity contribution >= 4 is 0 Å². The van der Waals surface area contributed by atoms with Crippen LogP contribution in [0.4, 0.5) is 0 Å². The molecule has 1 heterocycles. The molecule has 1 aliphatic rings. The smallest absolute Gasteiger partial charge is 0.115 e. The van der Waals surface area contributed by atoms with Gasteiger partial charge in [-0.2, -0.15) is 0 Å². The van der Waals surface area contributed by atoms with Crippen LogP contribution in [0.15, 0.2) is 24.3 Å². The first-order valence-corrected chi connectivity index (χ1v) is 5.72. The molecule has 88 valence electrons. The van der Waals surface area contributed by atoms with Crippen LogP contribution in [0.3, 0.4) is 0 Å². The van der Waals surface area contributed by atoms with E-state index >= 15 is 0 Å². The van der Waals surface area contributed by atoms with Crippen LogP contribution in [0.2, 0.25) is 0 Å². The van der Waals surface area contributed by atoms with Gasteiger partial charge < -0.3 is 10.8 Å². The van der Waals surface area contributed by atoms with Crippen molar-refractivity contribution in [2.75, 3.05) is 0 Å². The molecule has 0 saturated carbocycles. The van der Waals surface area contributed by atoms with Crippen molar-refractivity contribution in [3.05, 3.63) is 35.7 Å². The number of aromatic nitrogens is 3. The van der Waals surface area contributed by atoms with Gasteiger partial charge in [0.15, 0.2) is 0 Å². The fraction of sp³-hybridized carbons (Fsp3) is 0.333. The summed E-state index contributed by atoms with van der Waals surface area (Å²) in [5, 5.41) is 17.6. The molecule has 0 aliphatic heterocycles. The van der Waals surface area contributed by atoms with Crippen LogP contribution in [-0.4, -0.2) is 26.1 Å². The molecule has 0 spiro atoms. The zero-order chi connectivity index (χ0) is 11.8. The van der Waals surface area contributed by atoms with E-state index in [9.17, 15) is 5.11 Å². The maximum absolute atomic E-state index is 9.27. The highest BCUT2D eigenvalue weighted by molar-refractivity contribution is 5.38. The van der Waals surface area contributed by atoms with E-state index in [-0.39, 0.29) is 11.8 Å². The van der Waals surface area contributed by atoms with Crippen LogP contribution in [0.1, 0.15) is 17.8 Å². The van der Waals surface area contributed by atoms with Crippen molar-refractivity contribution in [2.24, 2.45) is 5.73 Å². The molecule has 5 heteroatoms. The van der Waals surface area contributed by atoms with Crippen LogP contribution in [0.5, 0.6) is 5.75 Å². The number of fused-ring (bicyclic) bond motifs is 1. The van der Waals surface area contributed by atoms with Crippen LogP contribution < -0.4 is 5.73 Å². The normalized spacial score (nSPS) is 19.0. The lowest BCUT2D eigenvalue weighted by Gasteiger charge is -2.17. The lowest BCUT2D eigenvalue weighted by molar-refractivity contribution is 0.475. The largest absolute Gasteiger partial charge is 0.508 e. The standard InChI is InChI=1S/C12H14N4O/c13-8-1-6-12-11(7-8)14-15-16(12)9-2-4-10(17)5-3-9/h2-5,8,17H,1,6-7,13H2. The summed E-state index contributed by atoms with van der Waals surface area (Å²) in [5.41, 5.74) is 8.96. The second-order valence-electron chi connectivity index (χ2n) is 4.41. The Morgan fingerprint density at radius 1 is 1.29 bits per heavy atom.